The zero-order valence-corrected chi connectivity index (χ0v) is 51.7. The molecule has 6 heterocycles. The predicted octanol–water partition coefficient (Wildman–Crippen LogP) is -0.338. The van der Waals surface area contributed by atoms with E-state index in [0.29, 0.717) is 22.5 Å². The number of hydrogen-bond acceptors (Lipinski definition) is 18. The van der Waals surface area contributed by atoms with Crippen LogP contribution in [-0.4, -0.2) is 106 Å². The summed E-state index contributed by atoms with van der Waals surface area (Å²) in [6.07, 6.45) is 8.13. The summed E-state index contributed by atoms with van der Waals surface area (Å²) in [5.74, 6) is 13.5. The van der Waals surface area contributed by atoms with Crippen LogP contribution in [0.1, 0.15) is 18.1 Å². The molecule has 28 nitrogen and oxygen atoms in total. The van der Waals surface area contributed by atoms with Gasteiger partial charge in [0.2, 0.25) is 50.9 Å². The minimum atomic E-state index is -3.71. The second kappa shape index (κ2) is 25.5. The van der Waals surface area contributed by atoms with E-state index in [1.807, 2.05) is 24.3 Å². The molecule has 0 aliphatic heterocycles. The number of amides is 1. The van der Waals surface area contributed by atoms with E-state index in [0.717, 1.165) is 56.4 Å². The summed E-state index contributed by atoms with van der Waals surface area (Å²) in [4.78, 5) is 97.3. The molecule has 5 N–H and O–H groups in total. The summed E-state index contributed by atoms with van der Waals surface area (Å²) in [6, 6.07) is 21.6. The molecule has 1 amide bonds. The van der Waals surface area contributed by atoms with Crippen LogP contribution in [0.5, 0.6) is 0 Å². The second-order valence-corrected chi connectivity index (χ2v) is 25.6. The molecule has 0 bridgehead atoms. The third kappa shape index (κ3) is 14.3. The Labute approximate surface area is 497 Å². The number of fused-ring (bicyclic) bond motifs is 3. The van der Waals surface area contributed by atoms with E-state index in [9.17, 15) is 58.8 Å². The number of imidazole rings is 3. The number of anilines is 3. The Kier molecular flexibility index (Phi) is 19.4. The zero-order valence-electron chi connectivity index (χ0n) is 47.1. The lowest BCUT2D eigenvalue weighted by Crippen LogP contribution is -2.38. The zero-order chi connectivity index (χ0) is 63.4. The van der Waals surface area contributed by atoms with Crippen molar-refractivity contribution in [3.05, 3.63) is 150 Å². The van der Waals surface area contributed by atoms with Crippen molar-refractivity contribution in [2.75, 3.05) is 35.6 Å². The molecule has 444 valence electrons. The Morgan fingerprint density at radius 2 is 0.871 bits per heavy atom. The van der Waals surface area contributed by atoms with E-state index in [2.05, 4.69) is 72.5 Å². The number of hydrogen-bond donors (Lipinski definition) is 3. The van der Waals surface area contributed by atoms with Gasteiger partial charge in [-0.3, -0.25) is 46.6 Å². The number of aromatic nitrogens is 12. The van der Waals surface area contributed by atoms with Crippen LogP contribution in [0, 0.1) is 39.6 Å². The molecule has 0 radical (unpaired) electrons. The fraction of sp³-hybridized carbons (Fsp3) is 0.245. The van der Waals surface area contributed by atoms with Gasteiger partial charge in [0, 0.05) is 99.7 Å². The van der Waals surface area contributed by atoms with E-state index in [1.165, 1.54) is 61.9 Å². The predicted molar refractivity (Wildman–Crippen MR) is 328 cm³/mol. The average molecular weight is 1330 g/mol. The number of halogens is 1. The summed E-state index contributed by atoms with van der Waals surface area (Å²) in [5.41, 5.74) is 10.5. The summed E-state index contributed by atoms with van der Waals surface area (Å²) in [7, 11) is -2.89. The first kappa shape index (κ1) is 64.6. The molecular weight excluding hydrogens is 1280 g/mol. The number of nitrogens with two attached hydrogens (primary N) is 2. The van der Waals surface area contributed by atoms with E-state index in [-0.39, 0.29) is 74.5 Å². The molecule has 32 heteroatoms. The van der Waals surface area contributed by atoms with Crippen molar-refractivity contribution in [3.8, 4) is 36.0 Å². The first-order valence-corrected chi connectivity index (χ1v) is 31.1. The highest BCUT2D eigenvalue weighted by molar-refractivity contribution is 14.1. The van der Waals surface area contributed by atoms with E-state index < -0.39 is 63.3 Å². The highest BCUT2D eigenvalue weighted by atomic mass is 127. The van der Waals surface area contributed by atoms with Crippen LogP contribution >= 0.6 is 22.6 Å². The Morgan fingerprint density at radius 3 is 1.19 bits per heavy atom. The molecule has 9 rings (SSSR count). The summed E-state index contributed by atoms with van der Waals surface area (Å²) in [5, 5.41) is 1.75. The number of benzene rings is 3. The quantitative estimate of drug-likeness (QED) is 0.104. The van der Waals surface area contributed by atoms with Gasteiger partial charge in [0.1, 0.15) is 0 Å². The van der Waals surface area contributed by atoms with Gasteiger partial charge in [0.25, 0.3) is 16.7 Å². The van der Waals surface area contributed by atoms with Gasteiger partial charge >= 0.3 is 17.1 Å². The molecule has 0 aliphatic rings. The van der Waals surface area contributed by atoms with Crippen molar-refractivity contribution in [2.24, 2.45) is 42.3 Å². The molecule has 0 spiro atoms. The third-order valence-corrected chi connectivity index (χ3v) is 15.8. The van der Waals surface area contributed by atoms with E-state index >= 15 is 0 Å². The lowest BCUT2D eigenvalue weighted by atomic mass is 10.2. The van der Waals surface area contributed by atoms with Crippen molar-refractivity contribution in [2.45, 2.75) is 42.0 Å². The molecule has 6 aromatic heterocycles. The molecule has 9 aromatic rings. The molecule has 0 fully saturated rings. The lowest BCUT2D eigenvalue weighted by Gasteiger charge is -2.05. The number of terminal acetylenes is 1. The van der Waals surface area contributed by atoms with Gasteiger partial charge in [0.15, 0.2) is 33.5 Å². The molecule has 85 heavy (non-hydrogen) atoms. The normalized spacial score (nSPS) is 11.2. The number of nitrogens with one attached hydrogen (secondary N) is 1. The maximum Gasteiger partial charge on any atom is 0.333 e. The number of carbonyl (C=O) groups is 1. The van der Waals surface area contributed by atoms with Crippen LogP contribution in [0.3, 0.4) is 0 Å². The van der Waals surface area contributed by atoms with E-state index in [4.69, 9.17) is 17.9 Å². The number of sulfone groups is 3. The first-order chi connectivity index (χ1) is 39.6. The Hall–Kier alpha value is -9.56. The van der Waals surface area contributed by atoms with Gasteiger partial charge < -0.3 is 30.5 Å². The minimum absolute atomic E-state index is 0.00743. The number of rotatable bonds is 7. The SMILES string of the molecule is C#CCn1c(=O)n(C)c(=O)c2c1nc(S(C)(=O)=O)n2C.CC(=O)Nc1cccc(C#CCn2c(=O)n(C)c(=O)c3c2nc(S(C)(=O)=O)n3C)c1.Cn1c(=O)c2c(nc(S(C)(=O)=O)n2C)n(CC#Cc2cccc(N)c2)c1=O.Nc1cccc(I)c1. The summed E-state index contributed by atoms with van der Waals surface area (Å²) in [6.45, 7) is 1.10. The Balaban J connectivity index is 0.000000194. The standard InChI is InChI=1S/C19H19N5O5S.C17H17N5O4S.C11H12N4O4S.C6H6IN/c1-12(25)20-14-9-5-7-13(11-14)8-6-10-24-16-15(17(26)23(3)19(24)27)22(2)18(21-16)30(4,28)29;1-20-13-14(19-16(20)27(3,25)26)22(17(24)21(2)15(13)23)9-5-7-11-6-4-8-12(18)10-11;1-5-6-15-8-7(9(16)14(3)11(15)17)13(2)10(12-8)20(4,18)19;7-5-2-1-3-6(8)4-5/h5,7,9,11H,10H2,1-4H3,(H,20,25);4,6,8,10H,9,18H2,1-3H3;1H,6H2,2-4H3;1-4H,8H2. The monoisotopic (exact) mass is 1330 g/mol. The van der Waals surface area contributed by atoms with Gasteiger partial charge in [-0.2, -0.15) is 15.0 Å². The number of nitrogen functional groups attached to an aromatic ring is 2. The molecule has 0 aliphatic carbocycles. The lowest BCUT2D eigenvalue weighted by molar-refractivity contribution is -0.114. The maximum absolute atomic E-state index is 12.6. The van der Waals surface area contributed by atoms with Crippen molar-refractivity contribution in [3.63, 3.8) is 0 Å². The van der Waals surface area contributed by atoms with E-state index in [1.54, 1.807) is 48.5 Å². The van der Waals surface area contributed by atoms with Gasteiger partial charge in [-0.1, -0.05) is 47.8 Å². The highest BCUT2D eigenvalue weighted by Gasteiger charge is 2.26. The van der Waals surface area contributed by atoms with Crippen LogP contribution in [0.15, 0.2) is 117 Å². The molecule has 0 saturated heterocycles. The van der Waals surface area contributed by atoms with Crippen LogP contribution in [-0.2, 0) is 96.2 Å². The summed E-state index contributed by atoms with van der Waals surface area (Å²) >= 11 is 2.23. The fourth-order valence-electron chi connectivity index (χ4n) is 8.18. The first-order valence-electron chi connectivity index (χ1n) is 24.3. The minimum Gasteiger partial charge on any atom is -0.399 e. The van der Waals surface area contributed by atoms with Crippen LogP contribution in [0.2, 0.25) is 0 Å². The highest BCUT2D eigenvalue weighted by Crippen LogP contribution is 2.18. The largest absolute Gasteiger partial charge is 0.399 e. The molecule has 0 saturated carbocycles. The Morgan fingerprint density at radius 1 is 0.529 bits per heavy atom. The van der Waals surface area contributed by atoms with Gasteiger partial charge in [0.05, 0.1) is 19.6 Å². The molecule has 0 unspecified atom stereocenters. The third-order valence-electron chi connectivity index (χ3n) is 12.1. The molecule has 3 aromatic carbocycles. The van der Waals surface area contributed by atoms with Gasteiger partial charge in [-0.15, -0.1) is 6.42 Å². The molecule has 0 atom stereocenters. The number of nitrogens with zero attached hydrogens (tertiary/aromatic N) is 12. The van der Waals surface area contributed by atoms with Crippen LogP contribution < -0.4 is 50.5 Å². The maximum atomic E-state index is 12.6. The van der Waals surface area contributed by atoms with Crippen LogP contribution in [0.25, 0.3) is 33.5 Å². The van der Waals surface area contributed by atoms with Crippen molar-refractivity contribution >= 4 is 109 Å². The fourth-order valence-corrected chi connectivity index (χ4v) is 11.3. The van der Waals surface area contributed by atoms with Gasteiger partial charge in [-0.05, 0) is 77.2 Å². The van der Waals surface area contributed by atoms with Gasteiger partial charge in [-0.25, -0.2) is 39.6 Å². The molecular formula is C53H54IN15O13S3. The van der Waals surface area contributed by atoms with Crippen LogP contribution in [0.4, 0.5) is 17.1 Å². The topological polar surface area (TPSA) is 369 Å². The van der Waals surface area contributed by atoms with Crippen molar-refractivity contribution in [1.82, 2.24) is 56.1 Å². The smallest absolute Gasteiger partial charge is 0.333 e. The van der Waals surface area contributed by atoms with Crippen molar-refractivity contribution < 1.29 is 30.0 Å². The second-order valence-electron chi connectivity index (χ2n) is 18.6. The Bertz CT molecular complexity index is 5130. The van der Waals surface area contributed by atoms with Crippen molar-refractivity contribution in [1.29, 1.82) is 0 Å². The summed E-state index contributed by atoms with van der Waals surface area (Å²) < 4.78 is 81.9. The number of carbonyl (C=O) groups excluding carboxylic acids is 1. The average Bonchev–Trinajstić information content (AvgIpc) is 2.12. The number of aryl methyl sites for hydroxylation is 3.